The molecule has 5 nitrogen and oxygen atoms in total. The second-order valence-electron chi connectivity index (χ2n) is 7.72. The van der Waals surface area contributed by atoms with Gasteiger partial charge in [-0.25, -0.2) is 0 Å². The molecule has 1 aromatic rings. The number of carbonyl (C=O) groups is 1. The number of morpholine rings is 1. The van der Waals surface area contributed by atoms with Crippen LogP contribution in [-0.4, -0.2) is 60.6 Å². The van der Waals surface area contributed by atoms with Crippen LogP contribution in [0.2, 0.25) is 0 Å². The fraction of sp³-hybridized carbons (Fsp3) is 0.737. The summed E-state index contributed by atoms with van der Waals surface area (Å²) in [7, 11) is 0. The summed E-state index contributed by atoms with van der Waals surface area (Å²) in [6.07, 6.45) is 2.93. The summed E-state index contributed by atoms with van der Waals surface area (Å²) in [4.78, 5) is 17.1. The van der Waals surface area contributed by atoms with Gasteiger partial charge in [0, 0.05) is 32.7 Å². The van der Waals surface area contributed by atoms with Crippen LogP contribution in [0.3, 0.4) is 0 Å². The van der Waals surface area contributed by atoms with Crippen molar-refractivity contribution in [3.8, 4) is 0 Å². The highest BCUT2D eigenvalue weighted by atomic mass is 16.5. The van der Waals surface area contributed by atoms with Gasteiger partial charge in [-0.1, -0.05) is 13.8 Å². The number of carbonyl (C=O) groups excluding carboxylic acids is 1. The minimum Gasteiger partial charge on any atom is -0.456 e. The molecule has 0 radical (unpaired) electrons. The Labute approximate surface area is 144 Å². The van der Waals surface area contributed by atoms with Crippen molar-refractivity contribution in [1.82, 2.24) is 9.80 Å². The third kappa shape index (κ3) is 4.01. The Morgan fingerprint density at radius 2 is 2.08 bits per heavy atom. The number of hydrogen-bond donors (Lipinski definition) is 0. The van der Waals surface area contributed by atoms with Crippen LogP contribution in [0.4, 0.5) is 0 Å². The van der Waals surface area contributed by atoms with Gasteiger partial charge in [-0.15, -0.1) is 0 Å². The van der Waals surface area contributed by atoms with Crippen molar-refractivity contribution in [3.05, 3.63) is 23.7 Å². The number of furan rings is 1. The van der Waals surface area contributed by atoms with Gasteiger partial charge in [-0.3, -0.25) is 9.69 Å². The summed E-state index contributed by atoms with van der Waals surface area (Å²) in [5.41, 5.74) is -0.0821. The molecule has 1 amide bonds. The molecule has 2 saturated heterocycles. The van der Waals surface area contributed by atoms with Crippen LogP contribution in [0.5, 0.6) is 0 Å². The molecule has 24 heavy (non-hydrogen) atoms. The van der Waals surface area contributed by atoms with E-state index < -0.39 is 0 Å². The van der Waals surface area contributed by atoms with Crippen LogP contribution in [-0.2, 0) is 4.74 Å². The van der Waals surface area contributed by atoms with E-state index in [1.165, 1.54) is 0 Å². The number of ether oxygens (including phenoxy) is 1. The second-order valence-corrected chi connectivity index (χ2v) is 7.72. The molecule has 5 heteroatoms. The average molecular weight is 334 g/mol. The van der Waals surface area contributed by atoms with Gasteiger partial charge in [0.05, 0.1) is 12.2 Å². The van der Waals surface area contributed by atoms with Crippen molar-refractivity contribution in [3.63, 3.8) is 0 Å². The monoisotopic (exact) mass is 334 g/mol. The molecule has 1 atom stereocenters. The van der Waals surface area contributed by atoms with E-state index >= 15 is 0 Å². The minimum atomic E-state index is -0.0821. The molecule has 1 aromatic heterocycles. The SMILES string of the molecule is Cc1ccc(C(=O)N2CCCC3(CC2)CN(CC(C)C)CCO3)o1. The molecule has 0 saturated carbocycles. The Hall–Kier alpha value is -1.33. The van der Waals surface area contributed by atoms with Gasteiger partial charge in [-0.2, -0.15) is 0 Å². The van der Waals surface area contributed by atoms with Gasteiger partial charge >= 0.3 is 0 Å². The van der Waals surface area contributed by atoms with E-state index in [0.717, 1.165) is 64.4 Å². The predicted molar refractivity (Wildman–Crippen MR) is 93.2 cm³/mol. The Morgan fingerprint density at radius 1 is 1.25 bits per heavy atom. The maximum absolute atomic E-state index is 12.6. The summed E-state index contributed by atoms with van der Waals surface area (Å²) in [5.74, 6) is 1.92. The normalized spacial score (nSPS) is 26.1. The van der Waals surface area contributed by atoms with Gasteiger partial charge in [0.25, 0.3) is 5.91 Å². The molecule has 0 aromatic carbocycles. The first kappa shape index (κ1) is 17.5. The Balaban J connectivity index is 1.63. The quantitative estimate of drug-likeness (QED) is 0.853. The highest BCUT2D eigenvalue weighted by Gasteiger charge is 2.39. The molecule has 0 aliphatic carbocycles. The minimum absolute atomic E-state index is 0.00926. The molecule has 2 fully saturated rings. The van der Waals surface area contributed by atoms with Crippen molar-refractivity contribution in [2.75, 3.05) is 39.3 Å². The number of hydrogen-bond acceptors (Lipinski definition) is 4. The van der Waals surface area contributed by atoms with E-state index in [9.17, 15) is 4.79 Å². The zero-order valence-electron chi connectivity index (χ0n) is 15.2. The first-order valence-electron chi connectivity index (χ1n) is 9.19. The Bertz CT molecular complexity index is 569. The lowest BCUT2D eigenvalue weighted by Gasteiger charge is -2.43. The fourth-order valence-corrected chi connectivity index (χ4v) is 3.97. The summed E-state index contributed by atoms with van der Waals surface area (Å²) in [6, 6.07) is 3.63. The van der Waals surface area contributed by atoms with Gasteiger partial charge in [0.15, 0.2) is 5.76 Å². The molecule has 3 rings (SSSR count). The first-order chi connectivity index (χ1) is 11.5. The predicted octanol–water partition coefficient (Wildman–Crippen LogP) is 2.94. The smallest absolute Gasteiger partial charge is 0.289 e. The number of likely N-dealkylation sites (tertiary alicyclic amines) is 1. The molecule has 0 N–H and O–H groups in total. The summed E-state index contributed by atoms with van der Waals surface area (Å²) in [6.45, 7) is 11.9. The molecule has 1 unspecified atom stereocenters. The van der Waals surface area contributed by atoms with E-state index in [1.54, 1.807) is 6.07 Å². The maximum atomic E-state index is 12.6. The zero-order chi connectivity index (χ0) is 17.2. The van der Waals surface area contributed by atoms with Gasteiger partial charge in [0.2, 0.25) is 0 Å². The lowest BCUT2D eigenvalue weighted by atomic mass is 9.92. The molecule has 134 valence electrons. The molecular weight excluding hydrogens is 304 g/mol. The summed E-state index contributed by atoms with van der Waals surface area (Å²) < 4.78 is 11.7. The maximum Gasteiger partial charge on any atom is 0.289 e. The van der Waals surface area contributed by atoms with Gasteiger partial charge in [0.1, 0.15) is 5.76 Å². The van der Waals surface area contributed by atoms with Crippen LogP contribution in [0.15, 0.2) is 16.5 Å². The van der Waals surface area contributed by atoms with E-state index in [2.05, 4.69) is 18.7 Å². The zero-order valence-corrected chi connectivity index (χ0v) is 15.2. The first-order valence-corrected chi connectivity index (χ1v) is 9.19. The second kappa shape index (κ2) is 7.28. The van der Waals surface area contributed by atoms with Crippen LogP contribution >= 0.6 is 0 Å². The van der Waals surface area contributed by atoms with Crippen LogP contribution in [0.1, 0.15) is 49.4 Å². The van der Waals surface area contributed by atoms with Crippen LogP contribution in [0, 0.1) is 12.8 Å². The average Bonchev–Trinajstić information content (AvgIpc) is 2.86. The topological polar surface area (TPSA) is 45.9 Å². The highest BCUT2D eigenvalue weighted by Crippen LogP contribution is 2.31. The standard InChI is InChI=1S/C19H30N2O3/c1-15(2)13-20-11-12-23-19(14-20)7-4-9-21(10-8-19)18(22)17-6-5-16(3)24-17/h5-6,15H,4,7-14H2,1-3H3. The molecule has 1 spiro atoms. The molecule has 2 aliphatic rings. The van der Waals surface area contributed by atoms with Crippen molar-refractivity contribution in [1.29, 1.82) is 0 Å². The van der Waals surface area contributed by atoms with E-state index in [4.69, 9.17) is 9.15 Å². The van der Waals surface area contributed by atoms with E-state index in [1.807, 2.05) is 17.9 Å². The lowest BCUT2D eigenvalue weighted by Crippen LogP contribution is -2.53. The Morgan fingerprint density at radius 3 is 2.79 bits per heavy atom. The van der Waals surface area contributed by atoms with Crippen LogP contribution < -0.4 is 0 Å². The number of nitrogens with zero attached hydrogens (tertiary/aromatic N) is 2. The summed E-state index contributed by atoms with van der Waals surface area (Å²) in [5, 5.41) is 0. The van der Waals surface area contributed by atoms with Crippen molar-refractivity contribution >= 4 is 5.91 Å². The molecule has 3 heterocycles. The molecule has 2 aliphatic heterocycles. The largest absolute Gasteiger partial charge is 0.456 e. The van der Waals surface area contributed by atoms with Crippen molar-refractivity contribution in [2.24, 2.45) is 5.92 Å². The number of rotatable bonds is 3. The summed E-state index contributed by atoms with van der Waals surface area (Å²) >= 11 is 0. The van der Waals surface area contributed by atoms with E-state index in [-0.39, 0.29) is 11.5 Å². The molecular formula is C19H30N2O3. The van der Waals surface area contributed by atoms with E-state index in [0.29, 0.717) is 11.7 Å². The van der Waals surface area contributed by atoms with Gasteiger partial charge < -0.3 is 14.1 Å². The number of amides is 1. The highest BCUT2D eigenvalue weighted by molar-refractivity contribution is 5.91. The van der Waals surface area contributed by atoms with Crippen LogP contribution in [0.25, 0.3) is 0 Å². The Kier molecular flexibility index (Phi) is 5.30. The molecule has 0 bridgehead atoms. The van der Waals surface area contributed by atoms with Crippen molar-refractivity contribution < 1.29 is 13.9 Å². The third-order valence-corrected chi connectivity index (χ3v) is 5.09. The van der Waals surface area contributed by atoms with Crippen molar-refractivity contribution in [2.45, 2.75) is 45.6 Å². The lowest BCUT2D eigenvalue weighted by molar-refractivity contribution is -0.117. The van der Waals surface area contributed by atoms with Gasteiger partial charge in [-0.05, 0) is 44.2 Å². The fourth-order valence-electron chi connectivity index (χ4n) is 3.97. The third-order valence-electron chi connectivity index (χ3n) is 5.09. The number of aryl methyl sites for hydroxylation is 1.